The highest BCUT2D eigenvalue weighted by atomic mass is 16.7. The number of aromatic nitrogens is 2. The molecule has 0 N–H and O–H groups in total. The van der Waals surface area contributed by atoms with Crippen molar-refractivity contribution in [3.05, 3.63) is 59.5 Å². The summed E-state index contributed by atoms with van der Waals surface area (Å²) in [6, 6.07) is 10.7. The predicted octanol–water partition coefficient (Wildman–Crippen LogP) is 4.08. The van der Waals surface area contributed by atoms with Gasteiger partial charge in [-0.15, -0.1) is 0 Å². The van der Waals surface area contributed by atoms with Crippen LogP contribution >= 0.6 is 0 Å². The number of benzene rings is 1. The molecule has 162 valence electrons. The summed E-state index contributed by atoms with van der Waals surface area (Å²) in [5.74, 6) is 0.866. The van der Waals surface area contributed by atoms with Crippen LogP contribution in [0.1, 0.15) is 30.2 Å². The number of piperazine rings is 1. The summed E-state index contributed by atoms with van der Waals surface area (Å²) in [4.78, 5) is 9.85. The molecule has 3 aromatic rings. The third-order valence-corrected chi connectivity index (χ3v) is 6.17. The van der Waals surface area contributed by atoms with Gasteiger partial charge in [-0.05, 0) is 49.7 Å². The van der Waals surface area contributed by atoms with Crippen molar-refractivity contribution in [3.8, 4) is 5.75 Å². The minimum Gasteiger partial charge on any atom is -0.467 e. The average Bonchev–Trinajstić information content (AvgIpc) is 3.21. The van der Waals surface area contributed by atoms with Gasteiger partial charge in [0.15, 0.2) is 6.79 Å². The third kappa shape index (κ3) is 4.18. The number of imidazole rings is 1. The number of rotatable bonds is 4. The predicted molar refractivity (Wildman–Crippen MR) is 125 cm³/mol. The summed E-state index contributed by atoms with van der Waals surface area (Å²) in [6.07, 6.45) is 7.47. The van der Waals surface area contributed by atoms with Crippen LogP contribution in [0.3, 0.4) is 0 Å². The molecule has 2 aliphatic heterocycles. The number of ether oxygens (including phenoxy) is 2. The Hall–Kier alpha value is -2.83. The zero-order valence-corrected chi connectivity index (χ0v) is 18.4. The second-order valence-corrected chi connectivity index (χ2v) is 8.38. The quantitative estimate of drug-likeness (QED) is 0.639. The maximum absolute atomic E-state index is 5.95. The molecular weight excluding hydrogens is 388 g/mol. The van der Waals surface area contributed by atoms with Crippen LogP contribution in [0, 0.1) is 6.92 Å². The fraction of sp³-hybridized carbons (Fsp3) is 0.400. The Morgan fingerprint density at radius 1 is 1.10 bits per heavy atom. The highest BCUT2D eigenvalue weighted by Gasteiger charge is 2.19. The first-order chi connectivity index (χ1) is 15.2. The first kappa shape index (κ1) is 20.1. The summed E-state index contributed by atoms with van der Waals surface area (Å²) in [6.45, 7) is 10.6. The smallest absolute Gasteiger partial charge is 0.189 e. The Balaban J connectivity index is 1.42. The standard InChI is InChI=1S/C25H30N4O2/c1-3-8-27-10-12-28(13-11-27)22-7-6-20-14-21(17-30-18-31-24(20)15-22)23-16-29-9-4-5-19(2)25(29)26-23/h4-7,9,14-16H,3,8,10-13,17-18H2,1-2H3/b21-14+. The summed E-state index contributed by atoms with van der Waals surface area (Å²) < 4.78 is 13.8. The van der Waals surface area contributed by atoms with Crippen molar-refractivity contribution in [2.24, 2.45) is 0 Å². The summed E-state index contributed by atoms with van der Waals surface area (Å²) in [5, 5.41) is 0. The second-order valence-electron chi connectivity index (χ2n) is 8.38. The zero-order chi connectivity index (χ0) is 21.2. The molecule has 0 atom stereocenters. The van der Waals surface area contributed by atoms with Gasteiger partial charge in [0.05, 0.1) is 12.3 Å². The van der Waals surface area contributed by atoms with E-state index in [2.05, 4.69) is 64.6 Å². The van der Waals surface area contributed by atoms with E-state index in [4.69, 9.17) is 14.5 Å². The monoisotopic (exact) mass is 418 g/mol. The lowest BCUT2D eigenvalue weighted by Crippen LogP contribution is -2.46. The lowest BCUT2D eigenvalue weighted by molar-refractivity contribution is 0.0324. The van der Waals surface area contributed by atoms with Crippen LogP contribution < -0.4 is 9.64 Å². The molecule has 0 unspecified atom stereocenters. The van der Waals surface area contributed by atoms with E-state index in [0.717, 1.165) is 60.0 Å². The molecule has 2 aromatic heterocycles. The highest BCUT2D eigenvalue weighted by molar-refractivity contribution is 5.84. The molecule has 0 saturated carbocycles. The second kappa shape index (κ2) is 8.73. The number of nitrogens with zero attached hydrogens (tertiary/aromatic N) is 4. The maximum Gasteiger partial charge on any atom is 0.189 e. The van der Waals surface area contributed by atoms with E-state index in [-0.39, 0.29) is 6.79 Å². The van der Waals surface area contributed by atoms with Crippen molar-refractivity contribution >= 4 is 23.0 Å². The summed E-state index contributed by atoms with van der Waals surface area (Å²) in [5.41, 5.74) is 6.43. The first-order valence-corrected chi connectivity index (χ1v) is 11.2. The number of hydrogen-bond acceptors (Lipinski definition) is 5. The van der Waals surface area contributed by atoms with Crippen molar-refractivity contribution in [2.45, 2.75) is 20.3 Å². The van der Waals surface area contributed by atoms with E-state index in [1.807, 2.05) is 12.3 Å². The average molecular weight is 419 g/mol. The number of anilines is 1. The fourth-order valence-electron chi connectivity index (χ4n) is 4.45. The molecule has 1 aromatic carbocycles. The molecule has 1 fully saturated rings. The molecule has 0 spiro atoms. The van der Waals surface area contributed by atoms with Crippen molar-refractivity contribution in [2.75, 3.05) is 51.0 Å². The van der Waals surface area contributed by atoms with Gasteiger partial charge in [0.2, 0.25) is 0 Å². The highest BCUT2D eigenvalue weighted by Crippen LogP contribution is 2.31. The molecule has 1 saturated heterocycles. The topological polar surface area (TPSA) is 42.2 Å². The normalized spacial score (nSPS) is 19.3. The maximum atomic E-state index is 5.95. The SMILES string of the molecule is CCCN1CCN(c2ccc3c(c2)OCOC/C(c2cn4cccc(C)c4n2)=C\3)CC1. The lowest BCUT2D eigenvalue weighted by atomic mass is 10.1. The van der Waals surface area contributed by atoms with Crippen molar-refractivity contribution in [1.29, 1.82) is 0 Å². The van der Waals surface area contributed by atoms with Gasteiger partial charge in [0.25, 0.3) is 0 Å². The number of pyridine rings is 1. The van der Waals surface area contributed by atoms with Crippen LogP contribution in [0.15, 0.2) is 42.7 Å². The Morgan fingerprint density at radius 2 is 1.97 bits per heavy atom. The summed E-state index contributed by atoms with van der Waals surface area (Å²) >= 11 is 0. The molecule has 31 heavy (non-hydrogen) atoms. The fourth-order valence-corrected chi connectivity index (χ4v) is 4.45. The van der Waals surface area contributed by atoms with Gasteiger partial charge < -0.3 is 18.8 Å². The Bertz CT molecular complexity index is 1100. The van der Waals surface area contributed by atoms with Gasteiger partial charge >= 0.3 is 0 Å². The molecule has 6 heteroatoms. The molecule has 2 aliphatic rings. The van der Waals surface area contributed by atoms with E-state index < -0.39 is 0 Å². The van der Waals surface area contributed by atoms with E-state index >= 15 is 0 Å². The molecule has 0 amide bonds. The van der Waals surface area contributed by atoms with Crippen LogP contribution in [0.25, 0.3) is 17.3 Å². The Morgan fingerprint density at radius 3 is 2.77 bits per heavy atom. The van der Waals surface area contributed by atoms with Gasteiger partial charge in [0, 0.05) is 61.5 Å². The molecule has 4 heterocycles. The molecule has 0 aliphatic carbocycles. The van der Waals surface area contributed by atoms with Crippen LogP contribution in [0.5, 0.6) is 5.75 Å². The van der Waals surface area contributed by atoms with Gasteiger partial charge in [-0.1, -0.05) is 13.0 Å². The first-order valence-electron chi connectivity index (χ1n) is 11.2. The third-order valence-electron chi connectivity index (χ3n) is 6.17. The van der Waals surface area contributed by atoms with Gasteiger partial charge in [-0.3, -0.25) is 4.90 Å². The number of fused-ring (bicyclic) bond motifs is 2. The summed E-state index contributed by atoms with van der Waals surface area (Å²) in [7, 11) is 0. The van der Waals surface area contributed by atoms with E-state index in [9.17, 15) is 0 Å². The van der Waals surface area contributed by atoms with E-state index in [0.29, 0.717) is 6.61 Å². The molecule has 6 nitrogen and oxygen atoms in total. The molecule has 5 rings (SSSR count). The van der Waals surface area contributed by atoms with Crippen molar-refractivity contribution in [3.63, 3.8) is 0 Å². The number of aryl methyl sites for hydroxylation is 1. The Kier molecular flexibility index (Phi) is 5.66. The zero-order valence-electron chi connectivity index (χ0n) is 18.4. The lowest BCUT2D eigenvalue weighted by Gasteiger charge is -2.36. The minimum atomic E-state index is 0.241. The van der Waals surface area contributed by atoms with Crippen molar-refractivity contribution in [1.82, 2.24) is 14.3 Å². The molecule has 0 radical (unpaired) electrons. The van der Waals surface area contributed by atoms with Gasteiger partial charge in [-0.25, -0.2) is 4.98 Å². The van der Waals surface area contributed by atoms with E-state index in [1.165, 1.54) is 18.7 Å². The van der Waals surface area contributed by atoms with E-state index in [1.54, 1.807) is 0 Å². The minimum absolute atomic E-state index is 0.241. The van der Waals surface area contributed by atoms with Crippen LogP contribution in [-0.2, 0) is 4.74 Å². The Labute approximate surface area is 183 Å². The van der Waals surface area contributed by atoms with Gasteiger partial charge in [-0.2, -0.15) is 0 Å². The largest absolute Gasteiger partial charge is 0.467 e. The van der Waals surface area contributed by atoms with Crippen LogP contribution in [0.2, 0.25) is 0 Å². The molecule has 0 bridgehead atoms. The molecular formula is C25H30N4O2. The number of hydrogen-bond donors (Lipinski definition) is 0. The van der Waals surface area contributed by atoms with Crippen LogP contribution in [0.4, 0.5) is 5.69 Å². The van der Waals surface area contributed by atoms with Crippen LogP contribution in [-0.4, -0.2) is 60.4 Å². The van der Waals surface area contributed by atoms with Crippen molar-refractivity contribution < 1.29 is 9.47 Å². The van der Waals surface area contributed by atoms with Gasteiger partial charge in [0.1, 0.15) is 11.4 Å².